The fraction of sp³-hybridized carbons (Fsp3) is 0.632. The molecule has 2 heterocycles. The zero-order chi connectivity index (χ0) is 16.9. The molecule has 1 aromatic rings. The number of carbonyl (C=O) groups is 1. The highest BCUT2D eigenvalue weighted by Crippen LogP contribution is 2.17. The zero-order valence-corrected chi connectivity index (χ0v) is 14.8. The van der Waals surface area contributed by atoms with Gasteiger partial charge in [-0.15, -0.1) is 0 Å². The van der Waals surface area contributed by atoms with Crippen molar-refractivity contribution >= 4 is 5.91 Å². The molecular formula is C19H30N4O. The maximum atomic E-state index is 12.4. The lowest BCUT2D eigenvalue weighted by atomic mass is 9.92. The van der Waals surface area contributed by atoms with Gasteiger partial charge in [0.05, 0.1) is 0 Å². The van der Waals surface area contributed by atoms with E-state index in [4.69, 9.17) is 0 Å². The Hall–Kier alpha value is -1.43. The molecule has 0 spiro atoms. The predicted molar refractivity (Wildman–Crippen MR) is 96.8 cm³/mol. The van der Waals surface area contributed by atoms with E-state index in [1.807, 2.05) is 12.1 Å². The molecule has 5 heteroatoms. The Bertz CT molecular complexity index is 529. The van der Waals surface area contributed by atoms with Gasteiger partial charge in [-0.1, -0.05) is 12.1 Å². The van der Waals surface area contributed by atoms with Crippen LogP contribution in [-0.4, -0.2) is 37.6 Å². The molecule has 1 amide bonds. The first-order valence-corrected chi connectivity index (χ1v) is 9.22. The van der Waals surface area contributed by atoms with Gasteiger partial charge in [0.15, 0.2) is 0 Å². The van der Waals surface area contributed by atoms with Gasteiger partial charge in [-0.2, -0.15) is 0 Å². The lowest BCUT2D eigenvalue weighted by molar-refractivity contribution is 0.0945. The van der Waals surface area contributed by atoms with Crippen LogP contribution in [0.15, 0.2) is 24.3 Å². The molecule has 0 bridgehead atoms. The quantitative estimate of drug-likeness (QED) is 0.660. The van der Waals surface area contributed by atoms with Crippen LogP contribution < -0.4 is 21.5 Å². The number of hydrazine groups is 1. The molecule has 2 aliphatic heterocycles. The molecule has 2 fully saturated rings. The number of carbonyl (C=O) groups excluding carboxylic acids is 1. The zero-order valence-electron chi connectivity index (χ0n) is 14.8. The third kappa shape index (κ3) is 4.35. The van der Waals surface area contributed by atoms with E-state index in [2.05, 4.69) is 47.5 Å². The van der Waals surface area contributed by atoms with Gasteiger partial charge in [0.1, 0.15) is 0 Å². The Morgan fingerprint density at radius 3 is 2.50 bits per heavy atom. The Labute approximate surface area is 144 Å². The summed E-state index contributed by atoms with van der Waals surface area (Å²) < 4.78 is 0. The standard InChI is InChI=1S/C19H30N4O/c1-13-18(14(2)23-22-13)12-21-19(24)17-7-5-15(6-8-17)10-16-4-3-9-20-11-16/h5-8,13-14,16,18,20,22-23H,3-4,9-12H2,1-2H3,(H,21,24). The van der Waals surface area contributed by atoms with Crippen LogP contribution in [0.5, 0.6) is 0 Å². The third-order valence-corrected chi connectivity index (χ3v) is 5.46. The van der Waals surface area contributed by atoms with Crippen LogP contribution >= 0.6 is 0 Å². The Kier molecular flexibility index (Phi) is 5.87. The van der Waals surface area contributed by atoms with Crippen molar-refractivity contribution in [2.24, 2.45) is 11.8 Å². The molecule has 3 rings (SSSR count). The molecule has 2 aliphatic rings. The van der Waals surface area contributed by atoms with Crippen LogP contribution in [-0.2, 0) is 6.42 Å². The van der Waals surface area contributed by atoms with Crippen LogP contribution in [0, 0.1) is 11.8 Å². The van der Waals surface area contributed by atoms with E-state index in [1.54, 1.807) is 0 Å². The summed E-state index contributed by atoms with van der Waals surface area (Å²) in [6, 6.07) is 8.86. The topological polar surface area (TPSA) is 65.2 Å². The molecule has 0 aromatic heterocycles. The first kappa shape index (κ1) is 17.4. The summed E-state index contributed by atoms with van der Waals surface area (Å²) >= 11 is 0. The van der Waals surface area contributed by atoms with Gasteiger partial charge < -0.3 is 10.6 Å². The number of rotatable bonds is 5. The van der Waals surface area contributed by atoms with Crippen LogP contribution in [0.25, 0.3) is 0 Å². The minimum Gasteiger partial charge on any atom is -0.352 e. The van der Waals surface area contributed by atoms with Crippen LogP contribution in [0.3, 0.4) is 0 Å². The summed E-state index contributed by atoms with van der Waals surface area (Å²) in [5.41, 5.74) is 8.52. The minimum absolute atomic E-state index is 0.0205. The Morgan fingerprint density at radius 1 is 1.17 bits per heavy atom. The number of amides is 1. The summed E-state index contributed by atoms with van der Waals surface area (Å²) in [6.07, 6.45) is 3.67. The average molecular weight is 330 g/mol. The van der Waals surface area contributed by atoms with Gasteiger partial charge in [-0.05, 0) is 69.8 Å². The van der Waals surface area contributed by atoms with E-state index in [9.17, 15) is 4.79 Å². The Balaban J connectivity index is 1.50. The molecule has 24 heavy (non-hydrogen) atoms. The maximum absolute atomic E-state index is 12.4. The molecule has 132 valence electrons. The third-order valence-electron chi connectivity index (χ3n) is 5.46. The van der Waals surface area contributed by atoms with Crippen molar-refractivity contribution in [1.29, 1.82) is 0 Å². The first-order valence-electron chi connectivity index (χ1n) is 9.22. The van der Waals surface area contributed by atoms with E-state index in [0.717, 1.165) is 31.0 Å². The number of piperidine rings is 1. The second kappa shape index (κ2) is 8.10. The molecule has 0 aliphatic carbocycles. The molecule has 2 saturated heterocycles. The van der Waals surface area contributed by atoms with Crippen molar-refractivity contribution in [3.8, 4) is 0 Å². The molecular weight excluding hydrogens is 300 g/mol. The van der Waals surface area contributed by atoms with Gasteiger partial charge in [-0.25, -0.2) is 0 Å². The molecule has 4 N–H and O–H groups in total. The first-order chi connectivity index (χ1) is 11.6. The van der Waals surface area contributed by atoms with Crippen LogP contribution in [0.1, 0.15) is 42.6 Å². The Morgan fingerprint density at radius 2 is 1.88 bits per heavy atom. The number of hydrogen-bond donors (Lipinski definition) is 4. The predicted octanol–water partition coefficient (Wildman–Crippen LogP) is 1.46. The summed E-state index contributed by atoms with van der Waals surface area (Å²) in [5, 5.41) is 6.53. The van der Waals surface area contributed by atoms with Crippen molar-refractivity contribution in [2.45, 2.75) is 45.2 Å². The highest BCUT2D eigenvalue weighted by molar-refractivity contribution is 5.94. The second-order valence-electron chi connectivity index (χ2n) is 7.35. The summed E-state index contributed by atoms with van der Waals surface area (Å²) in [4.78, 5) is 12.4. The molecule has 5 nitrogen and oxygen atoms in total. The maximum Gasteiger partial charge on any atom is 0.251 e. The van der Waals surface area contributed by atoms with Crippen molar-refractivity contribution < 1.29 is 4.79 Å². The van der Waals surface area contributed by atoms with Gasteiger partial charge in [0.25, 0.3) is 5.91 Å². The SMILES string of the molecule is CC1NNC(C)C1CNC(=O)c1ccc(CC2CCCNC2)cc1. The number of nitrogens with one attached hydrogen (secondary N) is 4. The van der Waals surface area contributed by atoms with Crippen LogP contribution in [0.2, 0.25) is 0 Å². The second-order valence-corrected chi connectivity index (χ2v) is 7.35. The highest BCUT2D eigenvalue weighted by atomic mass is 16.1. The summed E-state index contributed by atoms with van der Waals surface area (Å²) in [6.45, 7) is 7.24. The van der Waals surface area contributed by atoms with Crippen LogP contribution in [0.4, 0.5) is 0 Å². The minimum atomic E-state index is 0.0205. The molecule has 0 radical (unpaired) electrons. The smallest absolute Gasteiger partial charge is 0.251 e. The lowest BCUT2D eigenvalue weighted by Gasteiger charge is -2.22. The highest BCUT2D eigenvalue weighted by Gasteiger charge is 2.29. The summed E-state index contributed by atoms with van der Waals surface area (Å²) in [5.74, 6) is 1.16. The van der Waals surface area contributed by atoms with E-state index >= 15 is 0 Å². The van der Waals surface area contributed by atoms with E-state index < -0.39 is 0 Å². The molecule has 3 atom stereocenters. The fourth-order valence-electron chi connectivity index (χ4n) is 3.80. The van der Waals surface area contributed by atoms with Crippen molar-refractivity contribution in [2.75, 3.05) is 19.6 Å². The number of hydrogen-bond acceptors (Lipinski definition) is 4. The van der Waals surface area contributed by atoms with E-state index in [1.165, 1.54) is 18.4 Å². The van der Waals surface area contributed by atoms with Gasteiger partial charge >= 0.3 is 0 Å². The lowest BCUT2D eigenvalue weighted by Crippen LogP contribution is -2.37. The van der Waals surface area contributed by atoms with Gasteiger partial charge in [-0.3, -0.25) is 15.6 Å². The molecule has 0 saturated carbocycles. The fourth-order valence-corrected chi connectivity index (χ4v) is 3.80. The van der Waals surface area contributed by atoms with Gasteiger partial charge in [0, 0.05) is 30.1 Å². The van der Waals surface area contributed by atoms with E-state index in [-0.39, 0.29) is 5.91 Å². The molecule has 1 aromatic carbocycles. The van der Waals surface area contributed by atoms with Gasteiger partial charge in [0.2, 0.25) is 0 Å². The normalized spacial score (nSPS) is 30.2. The monoisotopic (exact) mass is 330 g/mol. The van der Waals surface area contributed by atoms with Crippen molar-refractivity contribution in [3.63, 3.8) is 0 Å². The average Bonchev–Trinajstić information content (AvgIpc) is 2.92. The largest absolute Gasteiger partial charge is 0.352 e. The van der Waals surface area contributed by atoms with Crippen molar-refractivity contribution in [3.05, 3.63) is 35.4 Å². The summed E-state index contributed by atoms with van der Waals surface area (Å²) in [7, 11) is 0. The molecule has 3 unspecified atom stereocenters. The number of benzene rings is 1. The van der Waals surface area contributed by atoms with Crippen molar-refractivity contribution in [1.82, 2.24) is 21.5 Å². The van der Waals surface area contributed by atoms with E-state index in [0.29, 0.717) is 24.5 Å².